The number of amides is 1. The summed E-state index contributed by atoms with van der Waals surface area (Å²) >= 11 is 0. The standard InChI is InChI=1S/C15H23N3O2/c1-12-10-18(7-6-16-12)11-15(19)17-9-13-4-3-5-14(8-13)20-2/h3-5,8,12,16H,6-7,9-11H2,1-2H3,(H,17,19)/t12-/m0/s1. The van der Waals surface area contributed by atoms with Gasteiger partial charge in [-0.25, -0.2) is 0 Å². The highest BCUT2D eigenvalue weighted by Crippen LogP contribution is 2.12. The monoisotopic (exact) mass is 277 g/mol. The fourth-order valence-corrected chi connectivity index (χ4v) is 2.40. The van der Waals surface area contributed by atoms with Crippen molar-refractivity contribution in [3.05, 3.63) is 29.8 Å². The number of nitrogens with zero attached hydrogens (tertiary/aromatic N) is 1. The molecule has 5 heteroatoms. The van der Waals surface area contributed by atoms with E-state index < -0.39 is 0 Å². The average Bonchev–Trinajstić information content (AvgIpc) is 2.45. The summed E-state index contributed by atoms with van der Waals surface area (Å²) < 4.78 is 5.17. The van der Waals surface area contributed by atoms with E-state index in [4.69, 9.17) is 4.74 Å². The second-order valence-electron chi connectivity index (χ2n) is 5.22. The molecule has 1 aromatic rings. The van der Waals surface area contributed by atoms with Crippen LogP contribution in [0.4, 0.5) is 0 Å². The first-order chi connectivity index (χ1) is 9.67. The number of rotatable bonds is 5. The van der Waals surface area contributed by atoms with Crippen LogP contribution in [0.15, 0.2) is 24.3 Å². The molecule has 1 amide bonds. The summed E-state index contributed by atoms with van der Waals surface area (Å²) in [4.78, 5) is 14.1. The first-order valence-corrected chi connectivity index (χ1v) is 7.03. The van der Waals surface area contributed by atoms with E-state index in [1.54, 1.807) is 7.11 Å². The normalized spacial score (nSPS) is 19.6. The van der Waals surface area contributed by atoms with Gasteiger partial charge in [0.2, 0.25) is 5.91 Å². The van der Waals surface area contributed by atoms with Gasteiger partial charge in [0.1, 0.15) is 5.75 Å². The molecule has 1 aliphatic heterocycles. The summed E-state index contributed by atoms with van der Waals surface area (Å²) in [5, 5.41) is 6.32. The Hall–Kier alpha value is -1.59. The number of hydrogen-bond donors (Lipinski definition) is 2. The zero-order valence-corrected chi connectivity index (χ0v) is 12.2. The van der Waals surface area contributed by atoms with Crippen LogP contribution >= 0.6 is 0 Å². The molecule has 0 spiro atoms. The Morgan fingerprint density at radius 3 is 3.15 bits per heavy atom. The van der Waals surface area contributed by atoms with Crippen molar-refractivity contribution in [2.45, 2.75) is 19.5 Å². The maximum Gasteiger partial charge on any atom is 0.234 e. The molecule has 1 saturated heterocycles. The van der Waals surface area contributed by atoms with Gasteiger partial charge in [0.05, 0.1) is 13.7 Å². The molecular formula is C15H23N3O2. The minimum atomic E-state index is 0.0712. The van der Waals surface area contributed by atoms with Gasteiger partial charge in [-0.2, -0.15) is 0 Å². The SMILES string of the molecule is COc1cccc(CNC(=O)CN2CCN[C@@H](C)C2)c1. The number of nitrogens with one attached hydrogen (secondary N) is 2. The maximum absolute atomic E-state index is 11.9. The molecule has 0 aliphatic carbocycles. The minimum Gasteiger partial charge on any atom is -0.497 e. The number of carbonyl (C=O) groups excluding carboxylic acids is 1. The van der Waals surface area contributed by atoms with Crippen LogP contribution in [0.25, 0.3) is 0 Å². The van der Waals surface area contributed by atoms with Crippen molar-refractivity contribution >= 4 is 5.91 Å². The summed E-state index contributed by atoms with van der Waals surface area (Å²) in [5.41, 5.74) is 1.05. The van der Waals surface area contributed by atoms with E-state index in [-0.39, 0.29) is 5.91 Å². The first-order valence-electron chi connectivity index (χ1n) is 7.03. The zero-order chi connectivity index (χ0) is 14.4. The molecule has 0 saturated carbocycles. The van der Waals surface area contributed by atoms with Crippen molar-refractivity contribution in [1.29, 1.82) is 0 Å². The highest BCUT2D eigenvalue weighted by Gasteiger charge is 2.17. The smallest absolute Gasteiger partial charge is 0.234 e. The van der Waals surface area contributed by atoms with Gasteiger partial charge in [-0.05, 0) is 24.6 Å². The van der Waals surface area contributed by atoms with Gasteiger partial charge in [-0.15, -0.1) is 0 Å². The predicted molar refractivity (Wildman–Crippen MR) is 78.7 cm³/mol. The summed E-state index contributed by atoms with van der Waals surface area (Å²) in [7, 11) is 1.64. The molecule has 20 heavy (non-hydrogen) atoms. The van der Waals surface area contributed by atoms with E-state index in [0.717, 1.165) is 30.9 Å². The molecule has 1 atom stereocenters. The molecule has 0 radical (unpaired) electrons. The predicted octanol–water partition coefficient (Wildman–Crippen LogP) is 0.605. The number of carbonyl (C=O) groups is 1. The van der Waals surface area contributed by atoms with Crippen LogP contribution in [0.1, 0.15) is 12.5 Å². The Balaban J connectivity index is 1.76. The van der Waals surface area contributed by atoms with E-state index in [0.29, 0.717) is 19.1 Å². The Morgan fingerprint density at radius 2 is 2.40 bits per heavy atom. The third-order valence-electron chi connectivity index (χ3n) is 3.44. The maximum atomic E-state index is 11.9. The molecule has 1 fully saturated rings. The Labute approximate surface area is 120 Å². The summed E-state index contributed by atoms with van der Waals surface area (Å²) in [6, 6.07) is 8.20. The lowest BCUT2D eigenvalue weighted by Crippen LogP contribution is -2.51. The van der Waals surface area contributed by atoms with Crippen LogP contribution in [-0.2, 0) is 11.3 Å². The molecule has 2 rings (SSSR count). The molecule has 0 unspecified atom stereocenters. The molecular weight excluding hydrogens is 254 g/mol. The molecule has 1 aliphatic rings. The second-order valence-corrected chi connectivity index (χ2v) is 5.22. The topological polar surface area (TPSA) is 53.6 Å². The van der Waals surface area contributed by atoms with Crippen molar-refractivity contribution in [1.82, 2.24) is 15.5 Å². The molecule has 1 aromatic carbocycles. The van der Waals surface area contributed by atoms with Crippen LogP contribution in [-0.4, -0.2) is 50.1 Å². The summed E-state index contributed by atoms with van der Waals surface area (Å²) in [6.45, 7) is 5.95. The summed E-state index contributed by atoms with van der Waals surface area (Å²) in [5.74, 6) is 0.884. The largest absolute Gasteiger partial charge is 0.497 e. The van der Waals surface area contributed by atoms with Gasteiger partial charge in [-0.3, -0.25) is 9.69 Å². The third kappa shape index (κ3) is 4.51. The molecule has 0 aromatic heterocycles. The quantitative estimate of drug-likeness (QED) is 0.828. The van der Waals surface area contributed by atoms with E-state index in [1.807, 2.05) is 24.3 Å². The lowest BCUT2D eigenvalue weighted by molar-refractivity contribution is -0.122. The molecule has 2 N–H and O–H groups in total. The average molecular weight is 277 g/mol. The number of ether oxygens (including phenoxy) is 1. The van der Waals surface area contributed by atoms with Crippen molar-refractivity contribution in [2.24, 2.45) is 0 Å². The lowest BCUT2D eigenvalue weighted by Gasteiger charge is -2.31. The molecule has 0 bridgehead atoms. The highest BCUT2D eigenvalue weighted by atomic mass is 16.5. The van der Waals surface area contributed by atoms with Gasteiger partial charge >= 0.3 is 0 Å². The fourth-order valence-electron chi connectivity index (χ4n) is 2.40. The van der Waals surface area contributed by atoms with Gasteiger partial charge in [0.15, 0.2) is 0 Å². The third-order valence-corrected chi connectivity index (χ3v) is 3.44. The lowest BCUT2D eigenvalue weighted by atomic mass is 10.2. The van der Waals surface area contributed by atoms with Crippen LogP contribution in [0.3, 0.4) is 0 Å². The fraction of sp³-hybridized carbons (Fsp3) is 0.533. The molecule has 1 heterocycles. The van der Waals surface area contributed by atoms with Gasteiger partial charge in [0.25, 0.3) is 0 Å². The van der Waals surface area contributed by atoms with E-state index >= 15 is 0 Å². The zero-order valence-electron chi connectivity index (χ0n) is 12.2. The van der Waals surface area contributed by atoms with Crippen LogP contribution in [0.2, 0.25) is 0 Å². The Kier molecular flexibility index (Phi) is 5.38. The van der Waals surface area contributed by atoms with Gasteiger partial charge < -0.3 is 15.4 Å². The van der Waals surface area contributed by atoms with Crippen molar-refractivity contribution in [2.75, 3.05) is 33.3 Å². The number of hydrogen-bond acceptors (Lipinski definition) is 4. The van der Waals surface area contributed by atoms with E-state index in [1.165, 1.54) is 0 Å². The minimum absolute atomic E-state index is 0.0712. The number of methoxy groups -OCH3 is 1. The Morgan fingerprint density at radius 1 is 1.55 bits per heavy atom. The van der Waals surface area contributed by atoms with Crippen molar-refractivity contribution in [3.63, 3.8) is 0 Å². The van der Waals surface area contributed by atoms with Crippen LogP contribution in [0.5, 0.6) is 5.75 Å². The highest BCUT2D eigenvalue weighted by molar-refractivity contribution is 5.78. The van der Waals surface area contributed by atoms with Crippen molar-refractivity contribution < 1.29 is 9.53 Å². The number of piperazine rings is 1. The summed E-state index contributed by atoms with van der Waals surface area (Å²) in [6.07, 6.45) is 0. The molecule has 110 valence electrons. The molecule has 5 nitrogen and oxygen atoms in total. The van der Waals surface area contributed by atoms with Crippen LogP contribution in [0, 0.1) is 0 Å². The van der Waals surface area contributed by atoms with Crippen molar-refractivity contribution in [3.8, 4) is 5.75 Å². The van der Waals surface area contributed by atoms with E-state index in [2.05, 4.69) is 22.5 Å². The van der Waals surface area contributed by atoms with Crippen LogP contribution < -0.4 is 15.4 Å². The first kappa shape index (κ1) is 14.8. The van der Waals surface area contributed by atoms with Gasteiger partial charge in [0, 0.05) is 32.2 Å². The number of benzene rings is 1. The van der Waals surface area contributed by atoms with Gasteiger partial charge in [-0.1, -0.05) is 12.1 Å². The second kappa shape index (κ2) is 7.26. The Bertz CT molecular complexity index is 450. The van der Waals surface area contributed by atoms with E-state index in [9.17, 15) is 4.79 Å².